The normalized spacial score (nSPS) is 24.3. The molecular formula is C12H18ClNO. The number of benzene rings is 1. The van der Waals surface area contributed by atoms with Crippen LogP contribution in [0.5, 0.6) is 0 Å². The first kappa shape index (κ1) is 12.5. The van der Waals surface area contributed by atoms with Crippen LogP contribution in [0, 0.1) is 5.41 Å². The third-order valence-corrected chi connectivity index (χ3v) is 2.51. The number of hydrogen-bond donors (Lipinski definition) is 1. The van der Waals surface area contributed by atoms with Gasteiger partial charge in [-0.25, -0.2) is 0 Å². The Kier molecular flexibility index (Phi) is 4.14. The van der Waals surface area contributed by atoms with Crippen molar-refractivity contribution in [2.24, 2.45) is 5.41 Å². The minimum atomic E-state index is 0. The molecule has 0 spiro atoms. The van der Waals surface area contributed by atoms with Crippen molar-refractivity contribution >= 4 is 12.4 Å². The molecule has 1 aliphatic rings. The topological polar surface area (TPSA) is 21.3 Å². The second kappa shape index (κ2) is 4.97. The van der Waals surface area contributed by atoms with Crippen LogP contribution in [0.1, 0.15) is 25.6 Å². The maximum atomic E-state index is 5.77. The molecule has 1 atom stereocenters. The standard InChI is InChI=1S/C12H17NO.ClH/c1-12(2)8-13-11(14-9-12)10-6-4-3-5-7-10;/h3-7,11,13H,8-9H2,1-2H3;1H. The Balaban J connectivity index is 0.00000112. The molecule has 1 unspecified atom stereocenters. The highest BCUT2D eigenvalue weighted by atomic mass is 35.5. The fraction of sp³-hybridized carbons (Fsp3) is 0.500. The molecule has 1 aromatic rings. The third kappa shape index (κ3) is 3.20. The summed E-state index contributed by atoms with van der Waals surface area (Å²) in [4.78, 5) is 0. The molecular weight excluding hydrogens is 210 g/mol. The Morgan fingerprint density at radius 2 is 1.93 bits per heavy atom. The van der Waals surface area contributed by atoms with E-state index in [1.807, 2.05) is 18.2 Å². The van der Waals surface area contributed by atoms with Gasteiger partial charge in [0.1, 0.15) is 6.23 Å². The zero-order chi connectivity index (χ0) is 10.0. The summed E-state index contributed by atoms with van der Waals surface area (Å²) in [5.74, 6) is 0. The molecule has 0 amide bonds. The predicted octanol–water partition coefficient (Wildman–Crippen LogP) is 2.75. The molecule has 0 aromatic heterocycles. The minimum Gasteiger partial charge on any atom is -0.358 e. The highest BCUT2D eigenvalue weighted by Crippen LogP contribution is 2.25. The number of hydrogen-bond acceptors (Lipinski definition) is 2. The number of nitrogens with one attached hydrogen (secondary N) is 1. The molecule has 1 aromatic carbocycles. The van der Waals surface area contributed by atoms with E-state index < -0.39 is 0 Å². The SMILES string of the molecule is CC1(C)CNC(c2ccccc2)OC1.Cl. The van der Waals surface area contributed by atoms with E-state index >= 15 is 0 Å². The first-order valence-corrected chi connectivity index (χ1v) is 5.07. The Morgan fingerprint density at radius 1 is 1.27 bits per heavy atom. The van der Waals surface area contributed by atoms with Crippen LogP contribution in [0.15, 0.2) is 30.3 Å². The Hall–Kier alpha value is -0.570. The van der Waals surface area contributed by atoms with Gasteiger partial charge in [0.2, 0.25) is 0 Å². The summed E-state index contributed by atoms with van der Waals surface area (Å²) in [7, 11) is 0. The summed E-state index contributed by atoms with van der Waals surface area (Å²) in [5.41, 5.74) is 1.47. The van der Waals surface area contributed by atoms with Gasteiger partial charge in [-0.15, -0.1) is 12.4 Å². The van der Waals surface area contributed by atoms with Crippen molar-refractivity contribution in [2.75, 3.05) is 13.2 Å². The van der Waals surface area contributed by atoms with Crippen LogP contribution >= 0.6 is 12.4 Å². The smallest absolute Gasteiger partial charge is 0.134 e. The van der Waals surface area contributed by atoms with Crippen LogP contribution in [0.25, 0.3) is 0 Å². The van der Waals surface area contributed by atoms with Crippen molar-refractivity contribution < 1.29 is 4.74 Å². The summed E-state index contributed by atoms with van der Waals surface area (Å²) in [6.07, 6.45) is 0.0734. The van der Waals surface area contributed by atoms with Gasteiger partial charge >= 0.3 is 0 Å². The van der Waals surface area contributed by atoms with Gasteiger partial charge in [0.25, 0.3) is 0 Å². The minimum absolute atomic E-state index is 0. The molecule has 84 valence electrons. The van der Waals surface area contributed by atoms with Crippen LogP contribution < -0.4 is 5.32 Å². The fourth-order valence-electron chi connectivity index (χ4n) is 1.63. The van der Waals surface area contributed by atoms with Crippen LogP contribution in [-0.2, 0) is 4.74 Å². The van der Waals surface area contributed by atoms with E-state index in [4.69, 9.17) is 4.74 Å². The molecule has 15 heavy (non-hydrogen) atoms. The molecule has 1 heterocycles. The quantitative estimate of drug-likeness (QED) is 0.797. The van der Waals surface area contributed by atoms with Gasteiger partial charge in [-0.2, -0.15) is 0 Å². The van der Waals surface area contributed by atoms with Crippen LogP contribution in [0.3, 0.4) is 0 Å². The van der Waals surface area contributed by atoms with Crippen molar-refractivity contribution in [1.82, 2.24) is 5.32 Å². The monoisotopic (exact) mass is 227 g/mol. The van der Waals surface area contributed by atoms with Crippen molar-refractivity contribution in [3.63, 3.8) is 0 Å². The van der Waals surface area contributed by atoms with Gasteiger partial charge in [0, 0.05) is 12.0 Å². The summed E-state index contributed by atoms with van der Waals surface area (Å²) < 4.78 is 5.77. The molecule has 1 N–H and O–H groups in total. The lowest BCUT2D eigenvalue weighted by atomic mass is 9.93. The highest BCUT2D eigenvalue weighted by Gasteiger charge is 2.27. The first-order valence-electron chi connectivity index (χ1n) is 5.07. The van der Waals surface area contributed by atoms with Crippen molar-refractivity contribution in [1.29, 1.82) is 0 Å². The van der Waals surface area contributed by atoms with Crippen molar-refractivity contribution in [2.45, 2.75) is 20.1 Å². The largest absolute Gasteiger partial charge is 0.358 e. The lowest BCUT2D eigenvalue weighted by Gasteiger charge is -2.35. The Labute approximate surface area is 97.4 Å². The molecule has 2 rings (SSSR count). The average Bonchev–Trinajstić information content (AvgIpc) is 2.19. The van der Waals surface area contributed by atoms with Crippen LogP contribution in [-0.4, -0.2) is 13.2 Å². The van der Waals surface area contributed by atoms with Crippen molar-refractivity contribution in [3.8, 4) is 0 Å². The number of rotatable bonds is 1. The van der Waals surface area contributed by atoms with Gasteiger partial charge in [-0.1, -0.05) is 44.2 Å². The van der Waals surface area contributed by atoms with E-state index in [1.165, 1.54) is 5.56 Å². The third-order valence-electron chi connectivity index (χ3n) is 2.51. The average molecular weight is 228 g/mol. The fourth-order valence-corrected chi connectivity index (χ4v) is 1.63. The molecule has 0 aliphatic carbocycles. The van der Waals surface area contributed by atoms with Gasteiger partial charge < -0.3 is 4.74 Å². The summed E-state index contributed by atoms with van der Waals surface area (Å²) >= 11 is 0. The van der Waals surface area contributed by atoms with Crippen LogP contribution in [0.2, 0.25) is 0 Å². The Morgan fingerprint density at radius 3 is 2.47 bits per heavy atom. The van der Waals surface area contributed by atoms with Crippen molar-refractivity contribution in [3.05, 3.63) is 35.9 Å². The van der Waals surface area contributed by atoms with Crippen LogP contribution in [0.4, 0.5) is 0 Å². The molecule has 0 saturated carbocycles. The summed E-state index contributed by atoms with van der Waals surface area (Å²) in [5, 5.41) is 3.40. The molecule has 2 nitrogen and oxygen atoms in total. The Bertz CT molecular complexity index is 290. The lowest BCUT2D eigenvalue weighted by Crippen LogP contribution is -2.42. The second-order valence-corrected chi connectivity index (χ2v) is 4.65. The van der Waals surface area contributed by atoms with Gasteiger partial charge in [0.05, 0.1) is 6.61 Å². The van der Waals surface area contributed by atoms with E-state index in [1.54, 1.807) is 0 Å². The maximum Gasteiger partial charge on any atom is 0.134 e. The maximum absolute atomic E-state index is 5.77. The van der Waals surface area contributed by atoms with E-state index in [0.29, 0.717) is 0 Å². The molecule has 1 aliphatic heterocycles. The van der Waals surface area contributed by atoms with Gasteiger partial charge in [-0.3, -0.25) is 5.32 Å². The number of halogens is 1. The number of ether oxygens (including phenoxy) is 1. The molecule has 0 radical (unpaired) electrons. The second-order valence-electron chi connectivity index (χ2n) is 4.65. The first-order chi connectivity index (χ1) is 6.67. The van der Waals surface area contributed by atoms with E-state index in [2.05, 4.69) is 31.3 Å². The zero-order valence-corrected chi connectivity index (χ0v) is 10.0. The molecule has 1 fully saturated rings. The van der Waals surface area contributed by atoms with Gasteiger partial charge in [-0.05, 0) is 5.56 Å². The summed E-state index contributed by atoms with van der Waals surface area (Å²) in [6.45, 7) is 6.24. The highest BCUT2D eigenvalue weighted by molar-refractivity contribution is 5.85. The zero-order valence-electron chi connectivity index (χ0n) is 9.19. The van der Waals surface area contributed by atoms with Gasteiger partial charge in [0.15, 0.2) is 0 Å². The van der Waals surface area contributed by atoms with E-state index in [9.17, 15) is 0 Å². The van der Waals surface area contributed by atoms with E-state index in [-0.39, 0.29) is 24.0 Å². The van der Waals surface area contributed by atoms with E-state index in [0.717, 1.165) is 13.2 Å². The predicted molar refractivity (Wildman–Crippen MR) is 64.2 cm³/mol. The lowest BCUT2D eigenvalue weighted by molar-refractivity contribution is -0.0595. The molecule has 3 heteroatoms. The molecule has 1 saturated heterocycles. The summed E-state index contributed by atoms with van der Waals surface area (Å²) in [6, 6.07) is 10.3. The molecule has 0 bridgehead atoms.